The van der Waals surface area contributed by atoms with E-state index in [-0.39, 0.29) is 28.4 Å². The maximum absolute atomic E-state index is 13.8. The van der Waals surface area contributed by atoms with Crippen LogP contribution in [0.4, 0.5) is 10.1 Å². The summed E-state index contributed by atoms with van der Waals surface area (Å²) in [4.78, 5) is 40.0. The molecule has 4 rings (SSSR count). The smallest absolute Gasteiger partial charge is 0.307 e. The van der Waals surface area contributed by atoms with Gasteiger partial charge in [0.15, 0.2) is 0 Å². The van der Waals surface area contributed by atoms with E-state index in [4.69, 9.17) is 10.5 Å². The van der Waals surface area contributed by atoms with Crippen molar-refractivity contribution < 1.29 is 23.5 Å². The summed E-state index contributed by atoms with van der Waals surface area (Å²) in [6, 6.07) is 12.9. The predicted octanol–water partition coefficient (Wildman–Crippen LogP) is 3.59. The van der Waals surface area contributed by atoms with Crippen LogP contribution in [0.1, 0.15) is 29.0 Å². The number of methoxy groups -OCH3 is 1. The van der Waals surface area contributed by atoms with Crippen LogP contribution in [0.3, 0.4) is 0 Å². The highest BCUT2D eigenvalue weighted by atomic mass is 32.2. The number of ether oxygens (including phenoxy) is 1. The molecular weight excluding hydrogens is 483 g/mol. The molecule has 2 aliphatic heterocycles. The number of amides is 2. The van der Waals surface area contributed by atoms with Gasteiger partial charge >= 0.3 is 5.97 Å². The third kappa shape index (κ3) is 4.45. The van der Waals surface area contributed by atoms with Gasteiger partial charge in [-0.25, -0.2) is 4.39 Å². The number of nitrogens with one attached hydrogen (secondary N) is 1. The number of allylic oxidation sites excluding steroid dienone is 1. The van der Waals surface area contributed by atoms with Crippen LogP contribution in [0.15, 0.2) is 64.5 Å². The van der Waals surface area contributed by atoms with Gasteiger partial charge in [-0.05, 0) is 54.8 Å². The number of carbonyl (C=O) groups excluding carboxylic acids is 3. The number of hydrogen-bond donors (Lipinski definition) is 2. The molecule has 1 saturated heterocycles. The van der Waals surface area contributed by atoms with Crippen molar-refractivity contribution >= 4 is 35.2 Å². The first kappa shape index (κ1) is 25.0. The molecule has 184 valence electrons. The highest BCUT2D eigenvalue weighted by molar-refractivity contribution is 8.04. The summed E-state index contributed by atoms with van der Waals surface area (Å²) >= 11 is 1.01. The minimum Gasteiger partial charge on any atom is -0.469 e. The molecule has 0 spiro atoms. The number of aryl methyl sites for hydroxylation is 2. The van der Waals surface area contributed by atoms with Crippen LogP contribution in [-0.2, 0) is 19.1 Å². The van der Waals surface area contributed by atoms with Crippen molar-refractivity contribution in [2.24, 2.45) is 5.73 Å². The summed E-state index contributed by atoms with van der Waals surface area (Å²) in [5, 5.41) is 12.2. The Bertz CT molecular complexity index is 1380. The van der Waals surface area contributed by atoms with Gasteiger partial charge in [0.05, 0.1) is 41.7 Å². The number of nitrogens with zero attached hydrogens (tertiary/aromatic N) is 2. The van der Waals surface area contributed by atoms with Crippen molar-refractivity contribution in [1.82, 2.24) is 4.90 Å². The van der Waals surface area contributed by atoms with Crippen molar-refractivity contribution in [2.75, 3.05) is 12.4 Å². The lowest BCUT2D eigenvalue weighted by molar-refractivity contribution is -0.142. The van der Waals surface area contributed by atoms with E-state index in [9.17, 15) is 24.0 Å². The van der Waals surface area contributed by atoms with Crippen LogP contribution in [0, 0.1) is 31.0 Å². The Morgan fingerprint density at radius 1 is 1.19 bits per heavy atom. The lowest BCUT2D eigenvalue weighted by Crippen LogP contribution is -2.39. The lowest BCUT2D eigenvalue weighted by atomic mass is 9.82. The molecule has 10 heteroatoms. The zero-order valence-electron chi connectivity index (χ0n) is 19.8. The molecule has 0 aromatic heterocycles. The van der Waals surface area contributed by atoms with Gasteiger partial charge in [-0.15, -0.1) is 0 Å². The zero-order chi connectivity index (χ0) is 26.1. The Morgan fingerprint density at radius 3 is 2.50 bits per heavy atom. The average molecular weight is 507 g/mol. The maximum Gasteiger partial charge on any atom is 0.307 e. The third-order valence-electron chi connectivity index (χ3n) is 6.19. The first-order valence-electron chi connectivity index (χ1n) is 11.0. The Balaban J connectivity index is 1.87. The maximum atomic E-state index is 13.8. The number of esters is 1. The molecule has 2 heterocycles. The van der Waals surface area contributed by atoms with E-state index in [0.29, 0.717) is 11.3 Å². The summed E-state index contributed by atoms with van der Waals surface area (Å²) in [6.07, 6.45) is -0.234. The molecule has 8 nitrogen and oxygen atoms in total. The van der Waals surface area contributed by atoms with Crippen molar-refractivity contribution in [3.63, 3.8) is 0 Å². The Hall–Kier alpha value is -4.10. The van der Waals surface area contributed by atoms with Crippen LogP contribution in [-0.4, -0.2) is 35.0 Å². The van der Waals surface area contributed by atoms with Crippen LogP contribution < -0.4 is 11.1 Å². The van der Waals surface area contributed by atoms with E-state index in [0.717, 1.165) is 27.8 Å². The number of fused-ring (bicyclic) bond motifs is 1. The third-order valence-corrected chi connectivity index (χ3v) is 7.47. The molecule has 2 atom stereocenters. The van der Waals surface area contributed by atoms with Gasteiger partial charge in [0.2, 0.25) is 5.91 Å². The topological polar surface area (TPSA) is 126 Å². The second-order valence-electron chi connectivity index (χ2n) is 8.43. The number of nitriles is 1. The normalized spacial score (nSPS) is 19.2. The molecule has 0 saturated carbocycles. The van der Waals surface area contributed by atoms with E-state index < -0.39 is 34.8 Å². The quantitative estimate of drug-likeness (QED) is 0.594. The van der Waals surface area contributed by atoms with Crippen LogP contribution in [0.2, 0.25) is 0 Å². The number of carbonyl (C=O) groups is 3. The fraction of sp³-hybridized carbons (Fsp3) is 0.231. The highest BCUT2D eigenvalue weighted by Crippen LogP contribution is 2.50. The molecule has 0 radical (unpaired) electrons. The van der Waals surface area contributed by atoms with E-state index >= 15 is 0 Å². The summed E-state index contributed by atoms with van der Waals surface area (Å²) < 4.78 is 18.4. The Labute approximate surface area is 211 Å². The average Bonchev–Trinajstić information content (AvgIpc) is 3.17. The Kier molecular flexibility index (Phi) is 6.86. The molecule has 36 heavy (non-hydrogen) atoms. The van der Waals surface area contributed by atoms with Gasteiger partial charge in [-0.2, -0.15) is 5.26 Å². The van der Waals surface area contributed by atoms with Crippen molar-refractivity contribution in [2.45, 2.75) is 31.4 Å². The van der Waals surface area contributed by atoms with E-state index in [2.05, 4.69) is 5.32 Å². The second kappa shape index (κ2) is 9.87. The lowest BCUT2D eigenvalue weighted by Gasteiger charge is -2.32. The van der Waals surface area contributed by atoms with Gasteiger partial charge in [-0.1, -0.05) is 30.0 Å². The van der Waals surface area contributed by atoms with E-state index in [1.165, 1.54) is 31.4 Å². The van der Waals surface area contributed by atoms with Crippen molar-refractivity contribution in [3.8, 4) is 6.07 Å². The molecule has 2 aliphatic rings. The molecule has 2 aromatic carbocycles. The van der Waals surface area contributed by atoms with Crippen LogP contribution >= 0.6 is 11.8 Å². The summed E-state index contributed by atoms with van der Waals surface area (Å²) in [5.74, 6) is -3.24. The molecule has 0 aliphatic carbocycles. The van der Waals surface area contributed by atoms with Crippen LogP contribution in [0.5, 0.6) is 0 Å². The molecule has 3 N–H and O–H groups in total. The zero-order valence-corrected chi connectivity index (χ0v) is 20.6. The molecule has 0 bridgehead atoms. The summed E-state index contributed by atoms with van der Waals surface area (Å²) in [5.41, 5.74) is 9.38. The molecule has 2 aromatic rings. The van der Waals surface area contributed by atoms with Gasteiger partial charge in [0, 0.05) is 5.69 Å². The number of nitrogens with two attached hydrogens (primary N) is 1. The van der Waals surface area contributed by atoms with Crippen molar-refractivity contribution in [3.05, 3.63) is 87.0 Å². The fourth-order valence-corrected chi connectivity index (χ4v) is 5.48. The standard InChI is InChI=1S/C26H23FN4O4S/c1-13-4-9-17(10-14(13)2)30-24(33)22-21(15-5-7-16(27)8-6-15)18(12-28)23(29)31-25(34)19(36-26(22)31)11-20(32)35-3/h4-10,19,21H,11,29H2,1-3H3,(H,30,33)/t19-,21+/m1/s1. The first-order valence-corrected chi connectivity index (χ1v) is 11.9. The van der Waals surface area contributed by atoms with Crippen LogP contribution in [0.25, 0.3) is 0 Å². The molecule has 0 unspecified atom stereocenters. The minimum atomic E-state index is -0.953. The fourth-order valence-electron chi connectivity index (χ4n) is 4.15. The predicted molar refractivity (Wildman–Crippen MR) is 132 cm³/mol. The summed E-state index contributed by atoms with van der Waals surface area (Å²) in [6.45, 7) is 3.86. The number of anilines is 1. The number of hydrogen-bond acceptors (Lipinski definition) is 7. The van der Waals surface area contributed by atoms with Gasteiger partial charge < -0.3 is 15.8 Å². The second-order valence-corrected chi connectivity index (χ2v) is 9.62. The van der Waals surface area contributed by atoms with Gasteiger partial charge in [-0.3, -0.25) is 19.3 Å². The Morgan fingerprint density at radius 2 is 1.89 bits per heavy atom. The monoisotopic (exact) mass is 506 g/mol. The van der Waals surface area contributed by atoms with Gasteiger partial charge in [0.1, 0.15) is 16.9 Å². The number of rotatable bonds is 5. The number of halogens is 1. The SMILES string of the molecule is COC(=O)C[C@H]1SC2=C(C(=O)Nc3ccc(C)c(C)c3)[C@@H](c3ccc(F)cc3)C(C#N)=C(N)N2C1=O. The largest absolute Gasteiger partial charge is 0.469 e. The highest BCUT2D eigenvalue weighted by Gasteiger charge is 2.48. The van der Waals surface area contributed by atoms with Gasteiger partial charge in [0.25, 0.3) is 5.91 Å². The summed E-state index contributed by atoms with van der Waals surface area (Å²) in [7, 11) is 1.22. The molecule has 2 amide bonds. The van der Waals surface area contributed by atoms with E-state index in [1.807, 2.05) is 32.0 Å². The first-order chi connectivity index (χ1) is 17.2. The molecular formula is C26H23FN4O4S. The van der Waals surface area contributed by atoms with E-state index in [1.54, 1.807) is 6.07 Å². The number of thioether (sulfide) groups is 1. The number of benzene rings is 2. The minimum absolute atomic E-state index is 0.0248. The van der Waals surface area contributed by atoms with Crippen molar-refractivity contribution in [1.29, 1.82) is 5.26 Å². The molecule has 1 fully saturated rings.